The summed E-state index contributed by atoms with van der Waals surface area (Å²) >= 11 is 18.4. The summed E-state index contributed by atoms with van der Waals surface area (Å²) in [4.78, 5) is 0. The van der Waals surface area contributed by atoms with Gasteiger partial charge in [0, 0.05) is 0 Å². The predicted octanol–water partition coefficient (Wildman–Crippen LogP) is 5.17. The number of hydrogen-bond donors (Lipinski definition) is 0. The van der Waals surface area contributed by atoms with E-state index >= 15 is 0 Å². The Morgan fingerprint density at radius 2 is 2.14 bits per heavy atom. The molecule has 2 atom stereocenters. The third-order valence-corrected chi connectivity index (χ3v) is 7.35. The Hall–Kier alpha value is 0.827. The van der Waals surface area contributed by atoms with Gasteiger partial charge in [-0.05, 0) is 37.6 Å². The molecule has 1 rings (SSSR count). The highest BCUT2D eigenvalue weighted by atomic mass is 35.8. The van der Waals surface area contributed by atoms with Crippen molar-refractivity contribution in [3.63, 3.8) is 0 Å². The van der Waals surface area contributed by atoms with Crippen LogP contribution in [-0.4, -0.2) is 6.00 Å². The standard InChI is InChI=1S/C10H17Cl3Si/c1-3-10(14(11,12)13)9-6-4-8(2)5-7-9/h4,9-10H,3,5-7H2,1-2H3. The molecular formula is C10H17Cl3Si. The minimum absolute atomic E-state index is 0.330. The van der Waals surface area contributed by atoms with Crippen molar-refractivity contribution >= 4 is 39.2 Å². The fourth-order valence-corrected chi connectivity index (χ4v) is 6.48. The van der Waals surface area contributed by atoms with Crippen molar-refractivity contribution < 1.29 is 0 Å². The molecule has 0 fully saturated rings. The van der Waals surface area contributed by atoms with E-state index in [4.69, 9.17) is 33.2 Å². The highest BCUT2D eigenvalue weighted by Gasteiger charge is 2.40. The minimum Gasteiger partial charge on any atom is -0.126 e. The first-order chi connectivity index (χ1) is 6.45. The van der Waals surface area contributed by atoms with Crippen LogP contribution < -0.4 is 0 Å². The fraction of sp³-hybridized carbons (Fsp3) is 0.800. The third kappa shape index (κ3) is 3.44. The van der Waals surface area contributed by atoms with Crippen LogP contribution in [0.5, 0.6) is 0 Å². The monoisotopic (exact) mass is 270 g/mol. The average molecular weight is 272 g/mol. The Morgan fingerprint density at radius 1 is 1.50 bits per heavy atom. The molecule has 0 amide bonds. The molecule has 0 N–H and O–H groups in total. The summed E-state index contributed by atoms with van der Waals surface area (Å²) in [5.41, 5.74) is 1.82. The number of halogens is 3. The molecule has 1 aliphatic rings. The first-order valence-corrected chi connectivity index (χ1v) is 10.3. The molecule has 0 aromatic heterocycles. The predicted molar refractivity (Wildman–Crippen MR) is 68.5 cm³/mol. The van der Waals surface area contributed by atoms with E-state index in [-0.39, 0.29) is 0 Å². The van der Waals surface area contributed by atoms with Crippen LogP contribution in [0.3, 0.4) is 0 Å². The van der Waals surface area contributed by atoms with Gasteiger partial charge in [-0.1, -0.05) is 25.0 Å². The van der Waals surface area contributed by atoms with Crippen LogP contribution in [0.25, 0.3) is 0 Å². The molecule has 0 heterocycles. The molecule has 0 spiro atoms. The average Bonchev–Trinajstić information content (AvgIpc) is 2.07. The molecule has 0 radical (unpaired) electrons. The molecular weight excluding hydrogens is 255 g/mol. The van der Waals surface area contributed by atoms with Crippen molar-refractivity contribution in [1.29, 1.82) is 0 Å². The van der Waals surface area contributed by atoms with Gasteiger partial charge in [-0.25, -0.2) is 0 Å². The molecule has 1 aliphatic carbocycles. The van der Waals surface area contributed by atoms with Gasteiger partial charge >= 0.3 is 6.00 Å². The van der Waals surface area contributed by atoms with E-state index in [0.717, 1.165) is 12.8 Å². The second-order valence-electron chi connectivity index (χ2n) is 4.14. The Morgan fingerprint density at radius 3 is 2.50 bits per heavy atom. The maximum absolute atomic E-state index is 6.12. The van der Waals surface area contributed by atoms with Crippen LogP contribution >= 0.6 is 33.2 Å². The van der Waals surface area contributed by atoms with Gasteiger partial charge in [0.15, 0.2) is 0 Å². The summed E-state index contributed by atoms with van der Waals surface area (Å²) in [7, 11) is 0. The number of hydrogen-bond acceptors (Lipinski definition) is 0. The summed E-state index contributed by atoms with van der Waals surface area (Å²) in [5.74, 6) is 0.600. The Labute approximate surface area is 102 Å². The van der Waals surface area contributed by atoms with Gasteiger partial charge in [-0.3, -0.25) is 0 Å². The summed E-state index contributed by atoms with van der Waals surface area (Å²) in [6, 6.07) is -2.51. The highest BCUT2D eigenvalue weighted by molar-refractivity contribution is 7.65. The van der Waals surface area contributed by atoms with Crippen molar-refractivity contribution in [1.82, 2.24) is 0 Å². The zero-order chi connectivity index (χ0) is 10.8. The van der Waals surface area contributed by atoms with E-state index in [1.807, 2.05) is 0 Å². The quantitative estimate of drug-likeness (QED) is 0.377. The molecule has 2 unspecified atom stereocenters. The van der Waals surface area contributed by atoms with Gasteiger partial charge in [0.1, 0.15) is 0 Å². The molecule has 0 aromatic rings. The summed E-state index contributed by atoms with van der Waals surface area (Å²) in [5, 5.41) is 0. The van der Waals surface area contributed by atoms with Crippen LogP contribution in [0, 0.1) is 5.92 Å². The van der Waals surface area contributed by atoms with Gasteiger partial charge in [-0.15, -0.1) is 33.2 Å². The largest absolute Gasteiger partial charge is 0.344 e. The van der Waals surface area contributed by atoms with Crippen LogP contribution in [0.4, 0.5) is 0 Å². The van der Waals surface area contributed by atoms with Crippen LogP contribution in [0.15, 0.2) is 11.6 Å². The van der Waals surface area contributed by atoms with Crippen molar-refractivity contribution in [2.75, 3.05) is 0 Å². The van der Waals surface area contributed by atoms with Crippen LogP contribution in [0.2, 0.25) is 5.54 Å². The second-order valence-corrected chi connectivity index (χ2v) is 13.1. The minimum atomic E-state index is -2.51. The van der Waals surface area contributed by atoms with Crippen molar-refractivity contribution in [2.24, 2.45) is 5.92 Å². The van der Waals surface area contributed by atoms with Gasteiger partial charge < -0.3 is 0 Å². The van der Waals surface area contributed by atoms with E-state index in [0.29, 0.717) is 11.5 Å². The highest BCUT2D eigenvalue weighted by Crippen LogP contribution is 2.46. The lowest BCUT2D eigenvalue weighted by atomic mass is 9.87. The van der Waals surface area contributed by atoms with Crippen LogP contribution in [-0.2, 0) is 0 Å². The summed E-state index contributed by atoms with van der Waals surface area (Å²) in [6.45, 7) is 4.31. The first-order valence-electron chi connectivity index (χ1n) is 5.17. The SMILES string of the molecule is CCC(C1CC=C(C)CC1)[Si](Cl)(Cl)Cl. The molecule has 4 heteroatoms. The van der Waals surface area contributed by atoms with E-state index in [2.05, 4.69) is 19.9 Å². The zero-order valence-corrected chi connectivity index (χ0v) is 12.0. The molecule has 14 heavy (non-hydrogen) atoms. The maximum atomic E-state index is 6.12. The second kappa shape index (κ2) is 5.24. The molecule has 0 aromatic carbocycles. The lowest BCUT2D eigenvalue weighted by molar-refractivity contribution is 0.429. The van der Waals surface area contributed by atoms with Gasteiger partial charge in [-0.2, -0.15) is 0 Å². The van der Waals surface area contributed by atoms with E-state index in [1.165, 1.54) is 18.4 Å². The van der Waals surface area contributed by atoms with E-state index in [1.54, 1.807) is 0 Å². The number of rotatable bonds is 3. The third-order valence-electron chi connectivity index (χ3n) is 3.11. The molecule has 0 bridgehead atoms. The summed E-state index contributed by atoms with van der Waals surface area (Å²) < 4.78 is 0. The van der Waals surface area contributed by atoms with Gasteiger partial charge in [0.05, 0.1) is 0 Å². The molecule has 0 nitrogen and oxygen atoms in total. The van der Waals surface area contributed by atoms with E-state index in [9.17, 15) is 0 Å². The zero-order valence-electron chi connectivity index (χ0n) is 8.69. The lowest BCUT2D eigenvalue weighted by Crippen LogP contribution is -2.27. The molecule has 0 saturated carbocycles. The first kappa shape index (κ1) is 12.9. The fourth-order valence-electron chi connectivity index (χ4n) is 2.18. The topological polar surface area (TPSA) is 0 Å². The van der Waals surface area contributed by atoms with Crippen molar-refractivity contribution in [3.05, 3.63) is 11.6 Å². The Kier molecular flexibility index (Phi) is 4.83. The van der Waals surface area contributed by atoms with Gasteiger partial charge in [0.2, 0.25) is 0 Å². The molecule has 82 valence electrons. The molecule has 0 aliphatic heterocycles. The summed E-state index contributed by atoms with van der Waals surface area (Å²) in [6.07, 6.45) is 6.78. The smallest absolute Gasteiger partial charge is 0.126 e. The maximum Gasteiger partial charge on any atom is 0.344 e. The lowest BCUT2D eigenvalue weighted by Gasteiger charge is -2.31. The van der Waals surface area contributed by atoms with Gasteiger partial charge in [0.25, 0.3) is 0 Å². The Balaban J connectivity index is 2.63. The normalized spacial score (nSPS) is 25.8. The van der Waals surface area contributed by atoms with Crippen LogP contribution in [0.1, 0.15) is 39.5 Å². The van der Waals surface area contributed by atoms with Crippen molar-refractivity contribution in [2.45, 2.75) is 45.1 Å². The number of allylic oxidation sites excluding steroid dienone is 2. The van der Waals surface area contributed by atoms with E-state index < -0.39 is 6.00 Å². The molecule has 0 saturated heterocycles. The van der Waals surface area contributed by atoms with Crippen molar-refractivity contribution in [3.8, 4) is 0 Å². The Bertz CT molecular complexity index is 220.